The lowest BCUT2D eigenvalue weighted by Gasteiger charge is -2.15. The van der Waals surface area contributed by atoms with Crippen LogP contribution in [0.3, 0.4) is 0 Å². The first-order valence-corrected chi connectivity index (χ1v) is 10.0. The third-order valence-electron chi connectivity index (χ3n) is 3.82. The lowest BCUT2D eigenvalue weighted by Crippen LogP contribution is -2.25. The minimum Gasteiger partial charge on any atom is -0.489 e. The standard InChI is InChI=1S/C19H22N2O4S/c1-13(2)25-18-6-4-3-5-17(18)20-19(22)14-7-11-16(12-8-14)26(23,24)21-15-9-10-15/h3-8,11-13,15,21H,9-10H2,1-2H3,(H,20,22). The molecule has 2 aromatic carbocycles. The Hall–Kier alpha value is -2.38. The van der Waals surface area contributed by atoms with E-state index in [1.54, 1.807) is 12.1 Å². The average molecular weight is 374 g/mol. The van der Waals surface area contributed by atoms with Crippen molar-refractivity contribution in [1.82, 2.24) is 4.72 Å². The summed E-state index contributed by atoms with van der Waals surface area (Å²) in [7, 11) is -3.52. The highest BCUT2D eigenvalue weighted by atomic mass is 32.2. The average Bonchev–Trinajstić information content (AvgIpc) is 3.39. The van der Waals surface area contributed by atoms with Gasteiger partial charge in [0.05, 0.1) is 16.7 Å². The number of ether oxygens (including phenoxy) is 1. The Bertz CT molecular complexity index is 888. The van der Waals surface area contributed by atoms with E-state index in [0.29, 0.717) is 17.0 Å². The van der Waals surface area contributed by atoms with Crippen LogP contribution in [-0.2, 0) is 10.0 Å². The van der Waals surface area contributed by atoms with Crippen LogP contribution in [0.2, 0.25) is 0 Å². The van der Waals surface area contributed by atoms with Crippen molar-refractivity contribution in [3.8, 4) is 5.75 Å². The highest BCUT2D eigenvalue weighted by Gasteiger charge is 2.28. The van der Waals surface area contributed by atoms with Crippen LogP contribution in [0.15, 0.2) is 53.4 Å². The number of benzene rings is 2. The Morgan fingerprint density at radius 1 is 1.08 bits per heavy atom. The largest absolute Gasteiger partial charge is 0.489 e. The van der Waals surface area contributed by atoms with Gasteiger partial charge in [0.15, 0.2) is 0 Å². The molecule has 2 N–H and O–H groups in total. The fourth-order valence-corrected chi connectivity index (χ4v) is 3.70. The van der Waals surface area contributed by atoms with Gasteiger partial charge >= 0.3 is 0 Å². The molecule has 0 atom stereocenters. The van der Waals surface area contributed by atoms with Gasteiger partial charge in [0.2, 0.25) is 10.0 Å². The van der Waals surface area contributed by atoms with Crippen LogP contribution in [0.5, 0.6) is 5.75 Å². The Morgan fingerprint density at radius 3 is 2.35 bits per heavy atom. The van der Waals surface area contributed by atoms with Gasteiger partial charge in [0.25, 0.3) is 5.91 Å². The first-order chi connectivity index (χ1) is 12.3. The van der Waals surface area contributed by atoms with Gasteiger partial charge in [-0.3, -0.25) is 4.79 Å². The minimum absolute atomic E-state index is 0.0171. The molecule has 6 nitrogen and oxygen atoms in total. The molecule has 7 heteroatoms. The summed E-state index contributed by atoms with van der Waals surface area (Å²) in [6.07, 6.45) is 1.73. The number of carbonyl (C=O) groups excluding carboxylic acids is 1. The van der Waals surface area contributed by atoms with E-state index in [9.17, 15) is 13.2 Å². The molecule has 1 saturated carbocycles. The van der Waals surface area contributed by atoms with Gasteiger partial charge < -0.3 is 10.1 Å². The predicted octanol–water partition coefficient (Wildman–Crippen LogP) is 3.17. The Labute approximate surface area is 153 Å². The maximum Gasteiger partial charge on any atom is 0.255 e. The summed E-state index contributed by atoms with van der Waals surface area (Å²) in [5, 5.41) is 2.80. The third-order valence-corrected chi connectivity index (χ3v) is 5.36. The van der Waals surface area contributed by atoms with Crippen LogP contribution < -0.4 is 14.8 Å². The molecule has 138 valence electrons. The zero-order valence-electron chi connectivity index (χ0n) is 14.7. The number of anilines is 1. The van der Waals surface area contributed by atoms with Crippen molar-refractivity contribution in [3.05, 3.63) is 54.1 Å². The normalized spacial score (nSPS) is 14.3. The van der Waals surface area contributed by atoms with E-state index in [2.05, 4.69) is 10.0 Å². The fraction of sp³-hybridized carbons (Fsp3) is 0.316. The fourth-order valence-electron chi connectivity index (χ4n) is 2.40. The first kappa shape index (κ1) is 18.4. The number of carbonyl (C=O) groups is 1. The zero-order chi connectivity index (χ0) is 18.7. The highest BCUT2D eigenvalue weighted by molar-refractivity contribution is 7.89. The molecule has 0 spiro atoms. The quantitative estimate of drug-likeness (QED) is 0.780. The molecule has 0 bridgehead atoms. The summed E-state index contributed by atoms with van der Waals surface area (Å²) in [4.78, 5) is 12.6. The van der Waals surface area contributed by atoms with E-state index in [-0.39, 0.29) is 22.9 Å². The lowest BCUT2D eigenvalue weighted by molar-refractivity contribution is 0.102. The van der Waals surface area contributed by atoms with Gasteiger partial charge in [-0.25, -0.2) is 13.1 Å². The van der Waals surface area contributed by atoms with Gasteiger partial charge in [-0.15, -0.1) is 0 Å². The van der Waals surface area contributed by atoms with E-state index in [1.807, 2.05) is 26.0 Å². The number of nitrogens with one attached hydrogen (secondary N) is 2. The molecule has 0 saturated heterocycles. The van der Waals surface area contributed by atoms with Gasteiger partial charge in [0, 0.05) is 11.6 Å². The van der Waals surface area contributed by atoms with E-state index in [4.69, 9.17) is 4.74 Å². The molecule has 1 fully saturated rings. The molecular weight excluding hydrogens is 352 g/mol. The number of sulfonamides is 1. The summed E-state index contributed by atoms with van der Waals surface area (Å²) in [6.45, 7) is 3.82. The van der Waals surface area contributed by atoms with Crippen molar-refractivity contribution in [3.63, 3.8) is 0 Å². The van der Waals surface area contributed by atoms with Crippen molar-refractivity contribution >= 4 is 21.6 Å². The van der Waals surface area contributed by atoms with Crippen LogP contribution in [0.1, 0.15) is 37.0 Å². The molecule has 1 amide bonds. The van der Waals surface area contributed by atoms with E-state index < -0.39 is 10.0 Å². The summed E-state index contributed by atoms with van der Waals surface area (Å²) in [5.74, 6) is 0.257. The van der Waals surface area contributed by atoms with Gasteiger partial charge in [-0.2, -0.15) is 0 Å². The number of hydrogen-bond acceptors (Lipinski definition) is 4. The molecule has 2 aromatic rings. The predicted molar refractivity (Wildman–Crippen MR) is 99.9 cm³/mol. The van der Waals surface area contributed by atoms with Crippen molar-refractivity contribution in [2.45, 2.75) is 43.7 Å². The number of amides is 1. The summed E-state index contributed by atoms with van der Waals surface area (Å²) < 4.78 is 32.6. The molecule has 0 unspecified atom stereocenters. The SMILES string of the molecule is CC(C)Oc1ccccc1NC(=O)c1ccc(S(=O)(=O)NC2CC2)cc1. The van der Waals surface area contributed by atoms with Crippen LogP contribution in [0.25, 0.3) is 0 Å². The number of para-hydroxylation sites is 2. The first-order valence-electron chi connectivity index (χ1n) is 8.54. The molecule has 26 heavy (non-hydrogen) atoms. The van der Waals surface area contributed by atoms with E-state index >= 15 is 0 Å². The van der Waals surface area contributed by atoms with Crippen molar-refractivity contribution in [2.24, 2.45) is 0 Å². The maximum absolute atomic E-state index is 12.5. The molecule has 0 aliphatic heterocycles. The number of rotatable bonds is 7. The zero-order valence-corrected chi connectivity index (χ0v) is 15.5. The van der Waals surface area contributed by atoms with Gasteiger partial charge in [0.1, 0.15) is 5.75 Å². The maximum atomic E-state index is 12.5. The van der Waals surface area contributed by atoms with E-state index in [0.717, 1.165) is 12.8 Å². The van der Waals surface area contributed by atoms with Gasteiger partial charge in [-0.1, -0.05) is 12.1 Å². The Morgan fingerprint density at radius 2 is 1.73 bits per heavy atom. The van der Waals surface area contributed by atoms with E-state index in [1.165, 1.54) is 24.3 Å². The molecule has 3 rings (SSSR count). The minimum atomic E-state index is -3.52. The van der Waals surface area contributed by atoms with Crippen molar-refractivity contribution < 1.29 is 17.9 Å². The smallest absolute Gasteiger partial charge is 0.255 e. The molecule has 0 aromatic heterocycles. The second kappa shape index (κ2) is 7.47. The van der Waals surface area contributed by atoms with Crippen LogP contribution in [0.4, 0.5) is 5.69 Å². The monoisotopic (exact) mass is 374 g/mol. The summed E-state index contributed by atoms with van der Waals surface area (Å²) in [5.41, 5.74) is 0.938. The Kier molecular flexibility index (Phi) is 5.29. The Balaban J connectivity index is 1.73. The summed E-state index contributed by atoms with van der Waals surface area (Å²) >= 11 is 0. The molecule has 1 aliphatic carbocycles. The highest BCUT2D eigenvalue weighted by Crippen LogP contribution is 2.26. The van der Waals surface area contributed by atoms with Crippen LogP contribution in [0, 0.1) is 0 Å². The van der Waals surface area contributed by atoms with Crippen molar-refractivity contribution in [1.29, 1.82) is 0 Å². The molecule has 0 radical (unpaired) electrons. The second-order valence-corrected chi connectivity index (χ2v) is 8.25. The molecule has 1 aliphatic rings. The van der Waals surface area contributed by atoms with Crippen LogP contribution >= 0.6 is 0 Å². The molecular formula is C19H22N2O4S. The second-order valence-electron chi connectivity index (χ2n) is 6.54. The summed E-state index contributed by atoms with van der Waals surface area (Å²) in [6, 6.07) is 13.1. The lowest BCUT2D eigenvalue weighted by atomic mass is 10.2. The van der Waals surface area contributed by atoms with Crippen LogP contribution in [-0.4, -0.2) is 26.5 Å². The number of hydrogen-bond donors (Lipinski definition) is 2. The van der Waals surface area contributed by atoms with Gasteiger partial charge in [-0.05, 0) is 63.1 Å². The topological polar surface area (TPSA) is 84.5 Å². The molecule has 0 heterocycles. The third kappa shape index (κ3) is 4.62. The van der Waals surface area contributed by atoms with Crippen molar-refractivity contribution in [2.75, 3.05) is 5.32 Å².